The molecular weight excluding hydrogens is 228 g/mol. The van der Waals surface area contributed by atoms with Gasteiger partial charge in [-0.1, -0.05) is 18.2 Å². The Labute approximate surface area is 107 Å². The molecule has 0 fully saturated rings. The third-order valence-electron chi connectivity index (χ3n) is 2.79. The van der Waals surface area contributed by atoms with Crippen molar-refractivity contribution < 1.29 is 9.15 Å². The minimum Gasteiger partial charge on any atom is -0.496 e. The molecule has 0 radical (unpaired) electrons. The highest BCUT2D eigenvalue weighted by Gasteiger charge is 2.06. The molecule has 96 valence electrons. The van der Waals surface area contributed by atoms with E-state index in [0.29, 0.717) is 6.54 Å². The summed E-state index contributed by atoms with van der Waals surface area (Å²) in [5, 5.41) is 0. The van der Waals surface area contributed by atoms with Crippen LogP contribution in [0.4, 0.5) is 0 Å². The molecule has 0 amide bonds. The van der Waals surface area contributed by atoms with Gasteiger partial charge >= 0.3 is 0 Å². The maximum atomic E-state index is 5.59. The second-order valence-electron chi connectivity index (χ2n) is 4.07. The van der Waals surface area contributed by atoms with Gasteiger partial charge in [0.1, 0.15) is 11.5 Å². The Kier molecular flexibility index (Phi) is 4.36. The number of aromatic nitrogens is 1. The van der Waals surface area contributed by atoms with E-state index in [2.05, 4.69) is 11.1 Å². The summed E-state index contributed by atoms with van der Waals surface area (Å²) in [6.07, 6.45) is 4.11. The van der Waals surface area contributed by atoms with Crippen LogP contribution in [0.5, 0.6) is 5.75 Å². The first-order valence-electron chi connectivity index (χ1n) is 6.09. The molecule has 0 saturated carbocycles. The smallest absolute Gasteiger partial charge is 0.194 e. The molecule has 0 unspecified atom stereocenters. The number of rotatable bonds is 6. The number of hydrogen-bond acceptors (Lipinski definition) is 4. The van der Waals surface area contributed by atoms with E-state index in [4.69, 9.17) is 14.9 Å². The van der Waals surface area contributed by atoms with Gasteiger partial charge in [0.25, 0.3) is 0 Å². The molecular formula is C14H18N2O2. The third-order valence-corrected chi connectivity index (χ3v) is 2.79. The van der Waals surface area contributed by atoms with Gasteiger partial charge in [-0.05, 0) is 24.6 Å². The lowest BCUT2D eigenvalue weighted by atomic mass is 10.1. The van der Waals surface area contributed by atoms with Gasteiger partial charge in [0.2, 0.25) is 0 Å². The lowest BCUT2D eigenvalue weighted by molar-refractivity contribution is 0.407. The molecule has 0 atom stereocenters. The van der Waals surface area contributed by atoms with Crippen molar-refractivity contribution in [1.29, 1.82) is 0 Å². The molecule has 1 aromatic carbocycles. The minimum absolute atomic E-state index is 0.584. The van der Waals surface area contributed by atoms with Crippen LogP contribution in [0.2, 0.25) is 0 Å². The summed E-state index contributed by atoms with van der Waals surface area (Å²) in [4.78, 5) is 4.24. The molecule has 0 bridgehead atoms. The summed E-state index contributed by atoms with van der Waals surface area (Å²) in [5.41, 5.74) is 6.63. The van der Waals surface area contributed by atoms with Crippen LogP contribution in [0.1, 0.15) is 17.2 Å². The van der Waals surface area contributed by atoms with Gasteiger partial charge in [0.05, 0.1) is 13.3 Å². The number of methoxy groups -OCH3 is 1. The second kappa shape index (κ2) is 6.21. The first kappa shape index (κ1) is 12.6. The van der Waals surface area contributed by atoms with Gasteiger partial charge in [0, 0.05) is 12.8 Å². The van der Waals surface area contributed by atoms with Gasteiger partial charge in [0.15, 0.2) is 5.89 Å². The van der Waals surface area contributed by atoms with Crippen LogP contribution < -0.4 is 10.5 Å². The topological polar surface area (TPSA) is 61.3 Å². The number of ether oxygens (including phenoxy) is 1. The Morgan fingerprint density at radius 1 is 1.22 bits per heavy atom. The Bertz CT molecular complexity index is 494. The van der Waals surface area contributed by atoms with Crippen molar-refractivity contribution in [2.45, 2.75) is 19.3 Å². The fourth-order valence-electron chi connectivity index (χ4n) is 1.87. The van der Waals surface area contributed by atoms with Crippen LogP contribution in [0.15, 0.2) is 34.9 Å². The normalized spacial score (nSPS) is 10.6. The fourth-order valence-corrected chi connectivity index (χ4v) is 1.87. The van der Waals surface area contributed by atoms with E-state index in [1.54, 1.807) is 13.3 Å². The predicted molar refractivity (Wildman–Crippen MR) is 69.7 cm³/mol. The predicted octanol–water partition coefficient (Wildman–Crippen LogP) is 1.97. The van der Waals surface area contributed by atoms with Crippen LogP contribution >= 0.6 is 0 Å². The van der Waals surface area contributed by atoms with Crippen molar-refractivity contribution in [2.75, 3.05) is 13.7 Å². The van der Waals surface area contributed by atoms with E-state index in [0.717, 1.165) is 36.7 Å². The van der Waals surface area contributed by atoms with Crippen LogP contribution in [0.25, 0.3) is 0 Å². The zero-order valence-electron chi connectivity index (χ0n) is 10.6. The highest BCUT2D eigenvalue weighted by atomic mass is 16.5. The van der Waals surface area contributed by atoms with E-state index in [1.165, 1.54) is 5.56 Å². The summed E-state index contributed by atoms with van der Waals surface area (Å²) >= 11 is 0. The Hall–Kier alpha value is -1.81. The maximum Gasteiger partial charge on any atom is 0.194 e. The summed E-state index contributed by atoms with van der Waals surface area (Å²) in [5.74, 6) is 2.52. The molecule has 2 aromatic rings. The summed E-state index contributed by atoms with van der Waals surface area (Å²) in [6.45, 7) is 0.584. The first-order valence-corrected chi connectivity index (χ1v) is 6.09. The Morgan fingerprint density at radius 3 is 2.83 bits per heavy atom. The molecule has 1 aromatic heterocycles. The van der Waals surface area contributed by atoms with Gasteiger partial charge in [-0.15, -0.1) is 0 Å². The number of nitrogens with two attached hydrogens (primary N) is 1. The molecule has 0 aliphatic rings. The van der Waals surface area contributed by atoms with Gasteiger partial charge < -0.3 is 14.9 Å². The first-order chi connectivity index (χ1) is 8.83. The Morgan fingerprint density at radius 2 is 2.06 bits per heavy atom. The van der Waals surface area contributed by atoms with Gasteiger partial charge in [-0.3, -0.25) is 0 Å². The van der Waals surface area contributed by atoms with E-state index in [1.807, 2.05) is 18.2 Å². The van der Waals surface area contributed by atoms with Crippen molar-refractivity contribution in [1.82, 2.24) is 4.98 Å². The number of benzene rings is 1. The largest absolute Gasteiger partial charge is 0.496 e. The third kappa shape index (κ3) is 3.11. The summed E-state index contributed by atoms with van der Waals surface area (Å²) < 4.78 is 10.9. The zero-order valence-corrected chi connectivity index (χ0v) is 10.6. The molecule has 0 spiro atoms. The Balaban J connectivity index is 1.97. The summed E-state index contributed by atoms with van der Waals surface area (Å²) in [6, 6.07) is 7.99. The van der Waals surface area contributed by atoms with Crippen molar-refractivity contribution in [3.8, 4) is 5.75 Å². The molecule has 4 nitrogen and oxygen atoms in total. The van der Waals surface area contributed by atoms with Crippen LogP contribution in [0.3, 0.4) is 0 Å². The molecule has 18 heavy (non-hydrogen) atoms. The minimum atomic E-state index is 0.584. The second-order valence-corrected chi connectivity index (χ2v) is 4.07. The monoisotopic (exact) mass is 246 g/mol. The molecule has 1 heterocycles. The molecule has 4 heteroatoms. The van der Waals surface area contributed by atoms with E-state index < -0.39 is 0 Å². The number of hydrogen-bond donors (Lipinski definition) is 1. The molecule has 0 aliphatic carbocycles. The molecule has 0 saturated heterocycles. The van der Waals surface area contributed by atoms with Crippen LogP contribution in [-0.2, 0) is 19.3 Å². The summed E-state index contributed by atoms with van der Waals surface area (Å²) in [7, 11) is 1.68. The van der Waals surface area contributed by atoms with Crippen molar-refractivity contribution in [3.63, 3.8) is 0 Å². The van der Waals surface area contributed by atoms with Crippen LogP contribution in [-0.4, -0.2) is 18.6 Å². The number of oxazole rings is 1. The molecule has 0 aliphatic heterocycles. The highest BCUT2D eigenvalue weighted by Crippen LogP contribution is 2.19. The average Bonchev–Trinajstić information content (AvgIpc) is 2.85. The van der Waals surface area contributed by atoms with E-state index >= 15 is 0 Å². The quantitative estimate of drug-likeness (QED) is 0.846. The molecule has 2 N–H and O–H groups in total. The number of aryl methyl sites for hydroxylation is 2. The van der Waals surface area contributed by atoms with Crippen molar-refractivity contribution >= 4 is 0 Å². The fraction of sp³-hybridized carbons (Fsp3) is 0.357. The number of para-hydroxylation sites is 1. The lowest BCUT2D eigenvalue weighted by Gasteiger charge is -2.06. The molecule has 2 rings (SSSR count). The van der Waals surface area contributed by atoms with Gasteiger partial charge in [-0.25, -0.2) is 4.98 Å². The van der Waals surface area contributed by atoms with Crippen molar-refractivity contribution in [3.05, 3.63) is 47.7 Å². The van der Waals surface area contributed by atoms with E-state index in [9.17, 15) is 0 Å². The average molecular weight is 246 g/mol. The van der Waals surface area contributed by atoms with E-state index in [-0.39, 0.29) is 0 Å². The standard InChI is InChI=1S/C14H18N2O2/c1-17-13-5-3-2-4-11(13)6-7-14-16-10-12(18-14)8-9-15/h2-5,10H,6-9,15H2,1H3. The maximum absolute atomic E-state index is 5.59. The lowest BCUT2D eigenvalue weighted by Crippen LogP contribution is -2.01. The van der Waals surface area contributed by atoms with Crippen molar-refractivity contribution in [2.24, 2.45) is 5.73 Å². The SMILES string of the molecule is COc1ccccc1CCc1ncc(CCN)o1. The van der Waals surface area contributed by atoms with Crippen LogP contribution in [0, 0.1) is 0 Å². The number of nitrogens with zero attached hydrogens (tertiary/aromatic N) is 1. The highest BCUT2D eigenvalue weighted by molar-refractivity contribution is 5.33. The zero-order chi connectivity index (χ0) is 12.8. The van der Waals surface area contributed by atoms with Gasteiger partial charge in [-0.2, -0.15) is 0 Å².